The van der Waals surface area contributed by atoms with Gasteiger partial charge < -0.3 is 14.7 Å². The number of β-amino-alcohol motifs (C(OH)–C–C–N with tert-alkyl or cyclic N) is 1. The number of para-hydroxylation sites is 1. The zero-order valence-corrected chi connectivity index (χ0v) is 19.6. The first-order valence-electron chi connectivity index (χ1n) is 11.7. The van der Waals surface area contributed by atoms with Crippen molar-refractivity contribution in [2.24, 2.45) is 0 Å². The lowest BCUT2D eigenvalue weighted by Gasteiger charge is -2.41. The van der Waals surface area contributed by atoms with Crippen LogP contribution in [0.3, 0.4) is 0 Å². The van der Waals surface area contributed by atoms with E-state index in [2.05, 4.69) is 14.9 Å². The topological polar surface area (TPSA) is 61.7 Å². The van der Waals surface area contributed by atoms with Gasteiger partial charge in [0.25, 0.3) is 0 Å². The van der Waals surface area contributed by atoms with Crippen LogP contribution < -0.4 is 9.64 Å². The van der Waals surface area contributed by atoms with Crippen LogP contribution in [0, 0.1) is 0 Å². The van der Waals surface area contributed by atoms with E-state index in [-0.39, 0.29) is 29.5 Å². The molecule has 1 aromatic heterocycles. The van der Waals surface area contributed by atoms with Gasteiger partial charge in [0.05, 0.1) is 17.7 Å². The van der Waals surface area contributed by atoms with Crippen molar-refractivity contribution in [2.75, 3.05) is 31.1 Å². The number of piperidine rings is 1. The fraction of sp³-hybridized carbons (Fsp3) is 0.440. The van der Waals surface area contributed by atoms with Crippen molar-refractivity contribution >= 4 is 28.3 Å². The smallest absolute Gasteiger partial charge is 0.451 e. The minimum atomic E-state index is -4.65. The first-order valence-corrected chi connectivity index (χ1v) is 12.1. The number of nitrogens with zero attached hydrogens (tertiary/aromatic N) is 4. The van der Waals surface area contributed by atoms with Crippen LogP contribution in [0.5, 0.6) is 5.75 Å². The average molecular weight is 505 g/mol. The Balaban J connectivity index is 1.20. The van der Waals surface area contributed by atoms with Crippen LogP contribution in [0.2, 0.25) is 5.02 Å². The van der Waals surface area contributed by atoms with E-state index in [1.165, 1.54) is 0 Å². The van der Waals surface area contributed by atoms with Crippen LogP contribution in [0.1, 0.15) is 24.2 Å². The normalized spacial score (nSPS) is 24.2. The van der Waals surface area contributed by atoms with Gasteiger partial charge in [0.15, 0.2) is 0 Å². The Hall–Kier alpha value is -2.62. The van der Waals surface area contributed by atoms with Crippen LogP contribution in [-0.4, -0.2) is 63.9 Å². The molecule has 3 aromatic rings. The average Bonchev–Trinajstić information content (AvgIpc) is 3.38. The molecule has 10 heteroatoms. The van der Waals surface area contributed by atoms with Gasteiger partial charge in [-0.05, 0) is 35.9 Å². The first kappa shape index (κ1) is 22.8. The Labute approximate surface area is 205 Å². The van der Waals surface area contributed by atoms with Gasteiger partial charge in [-0.1, -0.05) is 23.7 Å². The monoisotopic (exact) mass is 504 g/mol. The van der Waals surface area contributed by atoms with Gasteiger partial charge >= 0.3 is 6.18 Å². The number of aliphatic hydroxyl groups is 1. The van der Waals surface area contributed by atoms with E-state index in [1.807, 2.05) is 18.2 Å². The van der Waals surface area contributed by atoms with Crippen molar-refractivity contribution in [3.63, 3.8) is 0 Å². The number of hydrogen-bond acceptors (Lipinski definition) is 6. The minimum absolute atomic E-state index is 0.200. The SMILES string of the molecule is OC1CN(c2nc(C(F)(F)F)nc3ccccc23)CC1N1CCC2(CC1)Cc1cc(Cl)ccc1O2. The second kappa shape index (κ2) is 8.21. The Bertz CT molecular complexity index is 1280. The molecule has 1 N–H and O–H groups in total. The first-order chi connectivity index (χ1) is 16.7. The molecule has 2 aromatic carbocycles. The molecule has 4 heterocycles. The van der Waals surface area contributed by atoms with E-state index in [9.17, 15) is 18.3 Å². The number of aromatic nitrogens is 2. The number of rotatable bonds is 2. The zero-order valence-electron chi connectivity index (χ0n) is 18.8. The summed E-state index contributed by atoms with van der Waals surface area (Å²) in [7, 11) is 0. The van der Waals surface area contributed by atoms with Crippen molar-refractivity contribution in [3.8, 4) is 5.75 Å². The van der Waals surface area contributed by atoms with Crippen molar-refractivity contribution in [1.29, 1.82) is 0 Å². The van der Waals surface area contributed by atoms with E-state index in [0.717, 1.165) is 43.7 Å². The van der Waals surface area contributed by atoms with E-state index in [1.54, 1.807) is 29.2 Å². The standard InChI is InChI=1S/C25H24ClF3N4O2/c26-16-5-6-21-15(11-16)12-24(35-21)7-9-32(10-8-24)19-13-33(14-20(19)34)22-17-3-1-2-4-18(17)30-23(31-22)25(27,28)29/h1-6,11,19-20,34H,7-10,12-14H2. The lowest BCUT2D eigenvalue weighted by atomic mass is 9.86. The molecule has 3 aliphatic heterocycles. The molecule has 0 bridgehead atoms. The molecule has 184 valence electrons. The number of hydrogen-bond donors (Lipinski definition) is 1. The van der Waals surface area contributed by atoms with Gasteiger partial charge in [-0.2, -0.15) is 13.2 Å². The molecule has 6 rings (SSSR count). The summed E-state index contributed by atoms with van der Waals surface area (Å²) < 4.78 is 46.7. The number of aliphatic hydroxyl groups excluding tert-OH is 1. The maximum absolute atomic E-state index is 13.5. The Morgan fingerprint density at radius 2 is 1.83 bits per heavy atom. The second-order valence-corrected chi connectivity index (χ2v) is 10.1. The third kappa shape index (κ3) is 4.09. The summed E-state index contributed by atoms with van der Waals surface area (Å²) in [6.07, 6.45) is -2.94. The Morgan fingerprint density at radius 1 is 1.06 bits per heavy atom. The Kier molecular flexibility index (Phi) is 5.36. The summed E-state index contributed by atoms with van der Waals surface area (Å²) in [5.74, 6) is -0.0717. The molecule has 0 radical (unpaired) electrons. The molecule has 0 saturated carbocycles. The van der Waals surface area contributed by atoms with Crippen molar-refractivity contribution in [1.82, 2.24) is 14.9 Å². The molecule has 0 aliphatic carbocycles. The van der Waals surface area contributed by atoms with Crippen molar-refractivity contribution in [3.05, 3.63) is 58.9 Å². The third-order valence-corrected chi connectivity index (χ3v) is 7.67. The van der Waals surface area contributed by atoms with Gasteiger partial charge in [-0.15, -0.1) is 0 Å². The number of benzene rings is 2. The largest absolute Gasteiger partial charge is 0.487 e. The van der Waals surface area contributed by atoms with E-state index < -0.39 is 18.1 Å². The van der Waals surface area contributed by atoms with Gasteiger partial charge in [-0.3, -0.25) is 4.90 Å². The third-order valence-electron chi connectivity index (χ3n) is 7.44. The summed E-state index contributed by atoms with van der Waals surface area (Å²) in [6.45, 7) is 2.07. The number of halogens is 4. The minimum Gasteiger partial charge on any atom is -0.487 e. The summed E-state index contributed by atoms with van der Waals surface area (Å²) in [6, 6.07) is 12.2. The van der Waals surface area contributed by atoms with Crippen LogP contribution in [0.15, 0.2) is 42.5 Å². The molecular weight excluding hydrogens is 481 g/mol. The lowest BCUT2D eigenvalue weighted by Crippen LogP contribution is -2.53. The van der Waals surface area contributed by atoms with Crippen LogP contribution in [-0.2, 0) is 12.6 Å². The van der Waals surface area contributed by atoms with Crippen LogP contribution in [0.4, 0.5) is 19.0 Å². The van der Waals surface area contributed by atoms with Crippen molar-refractivity contribution in [2.45, 2.75) is 43.2 Å². The highest BCUT2D eigenvalue weighted by Gasteiger charge is 2.46. The molecule has 35 heavy (non-hydrogen) atoms. The fourth-order valence-corrected chi connectivity index (χ4v) is 5.87. The number of anilines is 1. The molecule has 2 unspecified atom stereocenters. The Morgan fingerprint density at radius 3 is 2.60 bits per heavy atom. The molecule has 2 saturated heterocycles. The number of ether oxygens (including phenoxy) is 1. The maximum Gasteiger partial charge on any atom is 0.451 e. The molecule has 6 nitrogen and oxygen atoms in total. The van der Waals surface area contributed by atoms with Crippen LogP contribution in [0.25, 0.3) is 10.9 Å². The highest BCUT2D eigenvalue weighted by molar-refractivity contribution is 6.30. The van der Waals surface area contributed by atoms with E-state index >= 15 is 0 Å². The van der Waals surface area contributed by atoms with Gasteiger partial charge in [0.1, 0.15) is 17.2 Å². The predicted molar refractivity (Wildman–Crippen MR) is 126 cm³/mol. The quantitative estimate of drug-likeness (QED) is 0.561. The van der Waals surface area contributed by atoms with Gasteiger partial charge in [-0.25, -0.2) is 9.97 Å². The zero-order chi connectivity index (χ0) is 24.4. The summed E-state index contributed by atoms with van der Waals surface area (Å²) in [5, 5.41) is 12.1. The molecule has 3 aliphatic rings. The number of alkyl halides is 3. The number of likely N-dealkylation sites (tertiary alicyclic amines) is 1. The summed E-state index contributed by atoms with van der Waals surface area (Å²) in [4.78, 5) is 11.6. The van der Waals surface area contributed by atoms with Crippen molar-refractivity contribution < 1.29 is 23.0 Å². The van der Waals surface area contributed by atoms with Crippen LogP contribution >= 0.6 is 11.6 Å². The van der Waals surface area contributed by atoms with E-state index in [4.69, 9.17) is 16.3 Å². The lowest BCUT2D eigenvalue weighted by molar-refractivity contribution is -0.144. The molecule has 0 amide bonds. The molecule has 2 atom stereocenters. The maximum atomic E-state index is 13.5. The van der Waals surface area contributed by atoms with Gasteiger partial charge in [0.2, 0.25) is 5.82 Å². The summed E-state index contributed by atoms with van der Waals surface area (Å²) in [5.41, 5.74) is 1.09. The summed E-state index contributed by atoms with van der Waals surface area (Å²) >= 11 is 6.14. The molecular formula is C25H24ClF3N4O2. The van der Waals surface area contributed by atoms with E-state index in [0.29, 0.717) is 17.0 Å². The molecule has 1 spiro atoms. The highest BCUT2D eigenvalue weighted by Crippen LogP contribution is 2.43. The predicted octanol–water partition coefficient (Wildman–Crippen LogP) is 4.32. The number of fused-ring (bicyclic) bond motifs is 2. The molecule has 2 fully saturated rings. The highest BCUT2D eigenvalue weighted by atomic mass is 35.5. The fourth-order valence-electron chi connectivity index (χ4n) is 5.67. The second-order valence-electron chi connectivity index (χ2n) is 9.68. The van der Waals surface area contributed by atoms with Gasteiger partial charge in [0, 0.05) is 55.9 Å².